The first kappa shape index (κ1) is 17.3. The van der Waals surface area contributed by atoms with Crippen molar-refractivity contribution in [1.82, 2.24) is 0 Å². The van der Waals surface area contributed by atoms with Crippen molar-refractivity contribution in [2.45, 2.75) is 0 Å². The Hall–Kier alpha value is -0.686. The summed E-state index contributed by atoms with van der Waals surface area (Å²) in [7, 11) is 3.00. The van der Waals surface area contributed by atoms with Gasteiger partial charge in [-0.3, -0.25) is 0 Å². The first-order valence-electron chi connectivity index (χ1n) is 4.92. The van der Waals surface area contributed by atoms with E-state index in [-0.39, 0.29) is 0 Å². The molecule has 18 heavy (non-hydrogen) atoms. The van der Waals surface area contributed by atoms with E-state index in [1.807, 2.05) is 0 Å². The van der Waals surface area contributed by atoms with Crippen molar-refractivity contribution in [3.8, 4) is 22.9 Å². The van der Waals surface area contributed by atoms with E-state index in [0.717, 1.165) is 0 Å². The second-order valence-electron chi connectivity index (χ2n) is 2.84. The molecule has 0 heterocycles. The Kier molecular flexibility index (Phi) is 8.10. The van der Waals surface area contributed by atoms with Gasteiger partial charge < -0.3 is 26.6 Å². The molecule has 0 aliphatic carbocycles. The lowest BCUT2D eigenvalue weighted by molar-refractivity contribution is 0.141. The molecule has 8 heteroatoms. The molecule has 0 spiro atoms. The smallest absolute Gasteiger partial charge is 0.367 e. The largest absolute Gasteiger partial charge is 0.591 e. The van der Waals surface area contributed by atoms with E-state index in [4.69, 9.17) is 26.6 Å². The van der Waals surface area contributed by atoms with E-state index in [9.17, 15) is 0 Å². The number of rotatable bonds is 6. The fourth-order valence-corrected chi connectivity index (χ4v) is 3.07. The van der Waals surface area contributed by atoms with E-state index in [2.05, 4.69) is 22.9 Å². The first-order valence-corrected chi connectivity index (χ1v) is 8.37. The Morgan fingerprint density at radius 1 is 0.500 bits per heavy atom. The zero-order valence-electron chi connectivity index (χ0n) is 11.4. The molecule has 0 rings (SSSR count). The molecule has 0 saturated heterocycles. The van der Waals surface area contributed by atoms with Gasteiger partial charge in [-0.05, 0) is 22.9 Å². The SMILES string of the molecule is CO[Si](C#CC#C[Si](OC)(OC)OC)(OC)OC. The maximum absolute atomic E-state index is 5.12. The molecule has 0 N–H and O–H groups in total. The third-order valence-electron chi connectivity index (χ3n) is 2.11. The minimum Gasteiger partial charge on any atom is -0.367 e. The van der Waals surface area contributed by atoms with Gasteiger partial charge in [-0.2, -0.15) is 0 Å². The van der Waals surface area contributed by atoms with Gasteiger partial charge in [-0.15, -0.1) is 0 Å². The van der Waals surface area contributed by atoms with Crippen LogP contribution >= 0.6 is 0 Å². The van der Waals surface area contributed by atoms with Gasteiger partial charge in [0.2, 0.25) is 0 Å². The van der Waals surface area contributed by atoms with E-state index < -0.39 is 17.6 Å². The van der Waals surface area contributed by atoms with Crippen LogP contribution in [0, 0.1) is 22.9 Å². The maximum Gasteiger partial charge on any atom is 0.591 e. The predicted octanol–water partition coefficient (Wildman–Crippen LogP) is -0.172. The van der Waals surface area contributed by atoms with Crippen LogP contribution in [0.4, 0.5) is 0 Å². The Morgan fingerprint density at radius 2 is 0.722 bits per heavy atom. The summed E-state index contributed by atoms with van der Waals surface area (Å²) >= 11 is 0. The van der Waals surface area contributed by atoms with Crippen LogP contribution in [-0.2, 0) is 26.6 Å². The lowest BCUT2D eigenvalue weighted by Gasteiger charge is -2.17. The zero-order chi connectivity index (χ0) is 14.1. The molecule has 0 aromatic heterocycles. The Labute approximate surface area is 110 Å². The standard InChI is InChI=1S/C10H18O6Si2/c1-11-17(12-2,13-3)9-7-8-10-18(14-4,15-5)16-6/h1-6H3. The van der Waals surface area contributed by atoms with Crippen LogP contribution in [0.3, 0.4) is 0 Å². The molecule has 0 atom stereocenters. The fraction of sp³-hybridized carbons (Fsp3) is 0.600. The van der Waals surface area contributed by atoms with Gasteiger partial charge in [0, 0.05) is 42.7 Å². The molecule has 0 aliphatic heterocycles. The lowest BCUT2D eigenvalue weighted by atomic mass is 10.7. The molecular formula is C10H18O6Si2. The summed E-state index contributed by atoms with van der Waals surface area (Å²) in [4.78, 5) is 0. The predicted molar refractivity (Wildman–Crippen MR) is 69.1 cm³/mol. The number of hydrogen-bond acceptors (Lipinski definition) is 6. The molecule has 0 aromatic carbocycles. The van der Waals surface area contributed by atoms with E-state index >= 15 is 0 Å². The van der Waals surface area contributed by atoms with Crippen LogP contribution in [0.25, 0.3) is 0 Å². The molecule has 0 fully saturated rings. The van der Waals surface area contributed by atoms with Crippen molar-refractivity contribution in [3.63, 3.8) is 0 Å². The van der Waals surface area contributed by atoms with Crippen LogP contribution in [0.5, 0.6) is 0 Å². The van der Waals surface area contributed by atoms with Gasteiger partial charge in [-0.1, -0.05) is 0 Å². The summed E-state index contributed by atoms with van der Waals surface area (Å²) in [6.07, 6.45) is 0. The fourth-order valence-electron chi connectivity index (χ4n) is 1.02. The third-order valence-corrected chi connectivity index (χ3v) is 6.19. The lowest BCUT2D eigenvalue weighted by Crippen LogP contribution is -2.42. The summed E-state index contributed by atoms with van der Waals surface area (Å²) in [5, 5.41) is 0. The highest BCUT2D eigenvalue weighted by atomic mass is 28.4. The second-order valence-corrected chi connectivity index (χ2v) is 8.01. The summed E-state index contributed by atoms with van der Waals surface area (Å²) in [6, 6.07) is 0. The molecule has 0 aromatic rings. The van der Waals surface area contributed by atoms with Gasteiger partial charge in [0.1, 0.15) is 0 Å². The van der Waals surface area contributed by atoms with Crippen molar-refractivity contribution >= 4 is 17.6 Å². The Morgan fingerprint density at radius 3 is 0.889 bits per heavy atom. The van der Waals surface area contributed by atoms with Gasteiger partial charge in [-0.25, -0.2) is 0 Å². The molecule has 0 amide bonds. The topological polar surface area (TPSA) is 55.4 Å². The van der Waals surface area contributed by atoms with Crippen molar-refractivity contribution in [3.05, 3.63) is 0 Å². The molecule has 0 saturated carbocycles. The van der Waals surface area contributed by atoms with E-state index in [0.29, 0.717) is 0 Å². The molecular weight excluding hydrogens is 272 g/mol. The average molecular weight is 290 g/mol. The Balaban J connectivity index is 4.97. The monoisotopic (exact) mass is 290 g/mol. The van der Waals surface area contributed by atoms with Crippen LogP contribution in [0.15, 0.2) is 0 Å². The minimum absolute atomic E-state index is 1.47. The summed E-state index contributed by atoms with van der Waals surface area (Å²) in [6.45, 7) is 0. The highest BCUT2D eigenvalue weighted by Gasteiger charge is 2.37. The van der Waals surface area contributed by atoms with Gasteiger partial charge in [0.25, 0.3) is 0 Å². The third kappa shape index (κ3) is 4.53. The molecule has 0 unspecified atom stereocenters. The van der Waals surface area contributed by atoms with E-state index in [1.165, 1.54) is 42.7 Å². The maximum atomic E-state index is 5.12. The summed E-state index contributed by atoms with van der Waals surface area (Å²) in [5.74, 6) is 5.22. The summed E-state index contributed by atoms with van der Waals surface area (Å²) in [5.41, 5.74) is 5.46. The van der Waals surface area contributed by atoms with Gasteiger partial charge in [0.15, 0.2) is 0 Å². The second kappa shape index (κ2) is 8.42. The van der Waals surface area contributed by atoms with E-state index in [1.54, 1.807) is 0 Å². The Bertz CT molecular complexity index is 304. The summed E-state index contributed by atoms with van der Waals surface area (Å²) < 4.78 is 30.7. The molecule has 0 aliphatic rings. The number of hydrogen-bond donors (Lipinski definition) is 0. The zero-order valence-corrected chi connectivity index (χ0v) is 13.4. The molecule has 0 radical (unpaired) electrons. The van der Waals surface area contributed by atoms with Crippen LogP contribution in [0.1, 0.15) is 0 Å². The van der Waals surface area contributed by atoms with Crippen molar-refractivity contribution < 1.29 is 26.6 Å². The average Bonchev–Trinajstić information content (AvgIpc) is 2.45. The van der Waals surface area contributed by atoms with Crippen LogP contribution in [0.2, 0.25) is 0 Å². The van der Waals surface area contributed by atoms with Gasteiger partial charge in [0.05, 0.1) is 0 Å². The normalized spacial score (nSPS) is 11.2. The minimum atomic E-state index is -2.91. The van der Waals surface area contributed by atoms with Crippen molar-refractivity contribution in [1.29, 1.82) is 0 Å². The molecule has 102 valence electrons. The van der Waals surface area contributed by atoms with Crippen molar-refractivity contribution in [2.24, 2.45) is 0 Å². The molecule has 6 nitrogen and oxygen atoms in total. The van der Waals surface area contributed by atoms with Crippen molar-refractivity contribution in [2.75, 3.05) is 42.7 Å². The quantitative estimate of drug-likeness (QED) is 0.500. The van der Waals surface area contributed by atoms with Gasteiger partial charge >= 0.3 is 17.6 Å². The first-order chi connectivity index (χ1) is 8.57. The molecule has 0 bridgehead atoms. The highest BCUT2D eigenvalue weighted by molar-refractivity contribution is 6.70. The highest BCUT2D eigenvalue weighted by Crippen LogP contribution is 2.04. The van der Waals surface area contributed by atoms with Crippen LogP contribution in [-0.4, -0.2) is 60.3 Å². The van der Waals surface area contributed by atoms with Crippen LogP contribution < -0.4 is 0 Å².